The Morgan fingerprint density at radius 1 is 1.50 bits per heavy atom. The third-order valence-electron chi connectivity index (χ3n) is 0.594. The number of carbonyl (C=O) groups excluding carboxylic acids is 1. The number of hydrogen-bond donors (Lipinski definition) is 0. The molecule has 0 saturated carbocycles. The van der Waals surface area contributed by atoms with Gasteiger partial charge in [-0.1, -0.05) is 6.92 Å². The summed E-state index contributed by atoms with van der Waals surface area (Å²) in [5, 5.41) is 0. The van der Waals surface area contributed by atoms with Gasteiger partial charge in [-0.25, -0.2) is 0 Å². The first kappa shape index (κ1) is 10.9. The minimum Gasteiger partial charge on any atom is -0.466 e. The zero-order valence-corrected chi connectivity index (χ0v) is 6.29. The predicted molar refractivity (Wildman–Crippen MR) is 26.9 cm³/mol. The van der Waals surface area contributed by atoms with E-state index in [4.69, 9.17) is 0 Å². The van der Waals surface area contributed by atoms with E-state index in [-0.39, 0.29) is 23.0 Å². The molecule has 0 aliphatic rings. The molecule has 0 fully saturated rings. The van der Waals surface area contributed by atoms with Crippen LogP contribution in [-0.2, 0) is 26.6 Å². The second kappa shape index (κ2) is 6.99. The molecule has 49 valence electrons. The van der Waals surface area contributed by atoms with Crippen LogP contribution in [0.15, 0.2) is 0 Å². The van der Waals surface area contributed by atoms with Crippen molar-refractivity contribution < 1.29 is 26.6 Å². The summed E-state index contributed by atoms with van der Waals surface area (Å²) in [7, 11) is 0. The van der Waals surface area contributed by atoms with Crippen LogP contribution in [0.5, 0.6) is 0 Å². The minimum atomic E-state index is -0.123. The van der Waals surface area contributed by atoms with Crippen LogP contribution in [0, 0.1) is 0 Å². The van der Waals surface area contributed by atoms with Crippen LogP contribution in [0.2, 0.25) is 0 Å². The molecule has 0 atom stereocenters. The van der Waals surface area contributed by atoms with Crippen LogP contribution in [0.3, 0.4) is 0 Å². The molecule has 0 N–H and O–H groups in total. The van der Waals surface area contributed by atoms with Gasteiger partial charge in [-0.05, 0) is 6.92 Å². The molecule has 0 aromatic rings. The average molecular weight is 157 g/mol. The van der Waals surface area contributed by atoms with E-state index in [2.05, 4.69) is 4.74 Å². The van der Waals surface area contributed by atoms with Crippen LogP contribution in [0.25, 0.3) is 0 Å². The number of esters is 1. The Morgan fingerprint density at radius 2 is 2.00 bits per heavy atom. The zero-order valence-electron chi connectivity index (χ0n) is 5.11. The van der Waals surface area contributed by atoms with Crippen LogP contribution in [0.4, 0.5) is 0 Å². The molecule has 0 spiro atoms. The Labute approximate surface area is 60.1 Å². The smallest absolute Gasteiger partial charge is 0.305 e. The monoisotopic (exact) mass is 157 g/mol. The molecule has 0 unspecified atom stereocenters. The summed E-state index contributed by atoms with van der Waals surface area (Å²) in [5.41, 5.74) is 0. The fourth-order valence-electron chi connectivity index (χ4n) is 0.263. The van der Waals surface area contributed by atoms with Gasteiger partial charge in [-0.2, -0.15) is 0 Å². The van der Waals surface area contributed by atoms with Crippen molar-refractivity contribution in [1.82, 2.24) is 0 Å². The van der Waals surface area contributed by atoms with E-state index in [0.29, 0.717) is 13.0 Å². The van der Waals surface area contributed by atoms with E-state index in [1.54, 1.807) is 13.8 Å². The number of carbonyl (C=O) groups is 1. The molecular weight excluding hydrogens is 147 g/mol. The average Bonchev–Trinajstić information content (AvgIpc) is 1.68. The summed E-state index contributed by atoms with van der Waals surface area (Å²) in [6, 6.07) is 0. The molecule has 0 amide bonds. The summed E-state index contributed by atoms with van der Waals surface area (Å²) in [5.74, 6) is -0.123. The molecule has 0 aromatic carbocycles. The molecule has 3 heteroatoms. The Morgan fingerprint density at radius 3 is 2.12 bits per heavy atom. The molecule has 0 saturated heterocycles. The zero-order chi connectivity index (χ0) is 5.70. The van der Waals surface area contributed by atoms with Gasteiger partial charge in [0.25, 0.3) is 0 Å². The molecule has 1 radical (unpaired) electrons. The van der Waals surface area contributed by atoms with E-state index in [1.807, 2.05) is 0 Å². The van der Waals surface area contributed by atoms with E-state index >= 15 is 0 Å². The third-order valence-corrected chi connectivity index (χ3v) is 0.594. The molecule has 0 bridgehead atoms. The number of rotatable bonds is 2. The first-order valence-corrected chi connectivity index (χ1v) is 2.46. The molecule has 8 heavy (non-hydrogen) atoms. The molecule has 0 rings (SSSR count). The Kier molecular flexibility index (Phi) is 9.51. The van der Waals surface area contributed by atoms with Gasteiger partial charge in [0.2, 0.25) is 0 Å². The quantitative estimate of drug-likeness (QED) is 0.440. The van der Waals surface area contributed by atoms with Crippen molar-refractivity contribution in [2.75, 3.05) is 6.61 Å². The third kappa shape index (κ3) is 5.99. The van der Waals surface area contributed by atoms with Crippen molar-refractivity contribution in [1.29, 1.82) is 0 Å². The molecule has 0 aromatic heterocycles. The van der Waals surface area contributed by atoms with Gasteiger partial charge < -0.3 is 4.74 Å². The summed E-state index contributed by atoms with van der Waals surface area (Å²) in [4.78, 5) is 10.2. The van der Waals surface area contributed by atoms with Crippen molar-refractivity contribution in [3.63, 3.8) is 0 Å². The van der Waals surface area contributed by atoms with E-state index in [9.17, 15) is 4.79 Å². The summed E-state index contributed by atoms with van der Waals surface area (Å²) in [6.45, 7) is 4.07. The molecule has 2 nitrogen and oxygen atoms in total. The maximum atomic E-state index is 10.2. The fourth-order valence-corrected chi connectivity index (χ4v) is 0.263. The van der Waals surface area contributed by atoms with Gasteiger partial charge in [0.15, 0.2) is 0 Å². The van der Waals surface area contributed by atoms with Crippen molar-refractivity contribution in [2.45, 2.75) is 20.3 Å². The van der Waals surface area contributed by atoms with Crippen LogP contribution in [0.1, 0.15) is 20.3 Å². The second-order valence-corrected chi connectivity index (χ2v) is 1.16. The van der Waals surface area contributed by atoms with Crippen molar-refractivity contribution in [3.05, 3.63) is 0 Å². The van der Waals surface area contributed by atoms with E-state index in [1.165, 1.54) is 0 Å². The van der Waals surface area contributed by atoms with Gasteiger partial charge >= 0.3 is 5.97 Å². The maximum absolute atomic E-state index is 10.2. The van der Waals surface area contributed by atoms with Crippen LogP contribution in [-0.4, -0.2) is 12.6 Å². The molecule has 0 aliphatic heterocycles. The molecule has 0 heterocycles. The predicted octanol–water partition coefficient (Wildman–Crippen LogP) is 0.957. The normalized spacial score (nSPS) is 7.25. The largest absolute Gasteiger partial charge is 0.466 e. The van der Waals surface area contributed by atoms with E-state index < -0.39 is 0 Å². The summed E-state index contributed by atoms with van der Waals surface area (Å²) < 4.78 is 4.55. The molecule has 0 aliphatic carbocycles. The Balaban J connectivity index is 0. The first-order valence-electron chi connectivity index (χ1n) is 2.46. The Hall–Kier alpha value is -0.0105. The van der Waals surface area contributed by atoms with Crippen LogP contribution < -0.4 is 0 Å². The van der Waals surface area contributed by atoms with E-state index in [0.717, 1.165) is 0 Å². The first-order chi connectivity index (χ1) is 3.31. The van der Waals surface area contributed by atoms with Gasteiger partial charge in [0.05, 0.1) is 6.61 Å². The Bertz CT molecular complexity index is 63.4. The standard InChI is InChI=1S/C5H10O2.Mn/c1-3-5(6)7-4-2;/h3-4H2,1-2H3;. The summed E-state index contributed by atoms with van der Waals surface area (Å²) >= 11 is 0. The SMILES string of the molecule is CCOC(=O)CC.[Mn]. The maximum Gasteiger partial charge on any atom is 0.305 e. The van der Waals surface area contributed by atoms with Gasteiger partial charge in [0, 0.05) is 23.5 Å². The van der Waals surface area contributed by atoms with Gasteiger partial charge in [-0.15, -0.1) is 0 Å². The van der Waals surface area contributed by atoms with Crippen LogP contribution >= 0.6 is 0 Å². The van der Waals surface area contributed by atoms with Crippen molar-refractivity contribution in [3.8, 4) is 0 Å². The topological polar surface area (TPSA) is 26.3 Å². The number of ether oxygens (including phenoxy) is 1. The van der Waals surface area contributed by atoms with Gasteiger partial charge in [-0.3, -0.25) is 4.79 Å². The van der Waals surface area contributed by atoms with Gasteiger partial charge in [0.1, 0.15) is 0 Å². The van der Waals surface area contributed by atoms with Crippen molar-refractivity contribution >= 4 is 5.97 Å². The second-order valence-electron chi connectivity index (χ2n) is 1.16. The molecular formula is C5H10MnO2. The minimum absolute atomic E-state index is 0. The number of hydrogen-bond acceptors (Lipinski definition) is 2. The summed E-state index contributed by atoms with van der Waals surface area (Å²) in [6.07, 6.45) is 0.480. The van der Waals surface area contributed by atoms with Crippen molar-refractivity contribution in [2.24, 2.45) is 0 Å². The fraction of sp³-hybridized carbons (Fsp3) is 0.800.